The Bertz CT molecular complexity index is 509. The summed E-state index contributed by atoms with van der Waals surface area (Å²) < 4.78 is 5.72. The summed E-state index contributed by atoms with van der Waals surface area (Å²) in [5, 5.41) is 9.56. The fourth-order valence-electron chi connectivity index (χ4n) is 1.41. The molecule has 1 heterocycles. The van der Waals surface area contributed by atoms with Gasteiger partial charge in [0, 0.05) is 23.5 Å². The molecule has 0 radical (unpaired) electrons. The molecule has 0 fully saturated rings. The third kappa shape index (κ3) is 1.98. The fraction of sp³-hybridized carbons (Fsp3) is 0.154. The Hall–Kier alpha value is -2.03. The molecule has 0 unspecified atom stereocenters. The molecule has 1 aromatic heterocycles. The van der Waals surface area contributed by atoms with E-state index >= 15 is 0 Å². The van der Waals surface area contributed by atoms with Crippen molar-refractivity contribution in [2.75, 3.05) is 0 Å². The van der Waals surface area contributed by atoms with Gasteiger partial charge in [-0.25, -0.2) is 0 Å². The zero-order chi connectivity index (χ0) is 11.5. The number of rotatable bonds is 2. The van der Waals surface area contributed by atoms with Crippen LogP contribution in [0, 0.1) is 13.8 Å². The molecule has 0 spiro atoms. The first kappa shape index (κ1) is 10.5. The molecule has 2 rings (SSSR count). The average molecular weight is 215 g/mol. The molecule has 3 nitrogen and oxygen atoms in total. The first-order valence-corrected chi connectivity index (χ1v) is 5.05. The van der Waals surface area contributed by atoms with Gasteiger partial charge >= 0.3 is 0 Å². The number of ether oxygens (including phenoxy) is 1. The molecule has 0 saturated heterocycles. The van der Waals surface area contributed by atoms with Crippen molar-refractivity contribution in [3.05, 3.63) is 47.8 Å². The van der Waals surface area contributed by atoms with E-state index in [0.717, 1.165) is 16.9 Å². The summed E-state index contributed by atoms with van der Waals surface area (Å²) in [6.07, 6.45) is 3.42. The maximum atomic E-state index is 9.56. The number of hydrogen-bond acceptors (Lipinski definition) is 3. The summed E-state index contributed by atoms with van der Waals surface area (Å²) in [4.78, 5) is 4.00. The monoisotopic (exact) mass is 215 g/mol. The van der Waals surface area contributed by atoms with Gasteiger partial charge in [0.15, 0.2) is 0 Å². The van der Waals surface area contributed by atoms with Gasteiger partial charge < -0.3 is 9.84 Å². The molecule has 0 atom stereocenters. The summed E-state index contributed by atoms with van der Waals surface area (Å²) in [7, 11) is 0. The van der Waals surface area contributed by atoms with E-state index in [9.17, 15) is 5.11 Å². The van der Waals surface area contributed by atoms with Crippen LogP contribution < -0.4 is 4.74 Å². The van der Waals surface area contributed by atoms with E-state index in [0.29, 0.717) is 5.75 Å². The summed E-state index contributed by atoms with van der Waals surface area (Å²) in [6, 6.07) is 7.03. The van der Waals surface area contributed by atoms with Crippen LogP contribution in [0.4, 0.5) is 0 Å². The Balaban J connectivity index is 2.35. The first-order valence-electron chi connectivity index (χ1n) is 5.05. The zero-order valence-electron chi connectivity index (χ0n) is 9.27. The highest BCUT2D eigenvalue weighted by Gasteiger charge is 2.06. The van der Waals surface area contributed by atoms with Crippen LogP contribution >= 0.6 is 0 Å². The maximum absolute atomic E-state index is 9.56. The Kier molecular flexibility index (Phi) is 2.77. The molecule has 3 heteroatoms. The van der Waals surface area contributed by atoms with Crippen LogP contribution in [0.15, 0.2) is 36.7 Å². The fourth-order valence-corrected chi connectivity index (χ4v) is 1.41. The van der Waals surface area contributed by atoms with Crippen molar-refractivity contribution in [1.29, 1.82) is 0 Å². The minimum atomic E-state index is 0.240. The Morgan fingerprint density at radius 1 is 1.12 bits per heavy atom. The third-order valence-corrected chi connectivity index (χ3v) is 2.44. The van der Waals surface area contributed by atoms with Crippen LogP contribution in [-0.4, -0.2) is 10.1 Å². The van der Waals surface area contributed by atoms with Gasteiger partial charge in [0.05, 0.1) is 0 Å². The minimum absolute atomic E-state index is 0.240. The van der Waals surface area contributed by atoms with Gasteiger partial charge in [0.25, 0.3) is 0 Å². The van der Waals surface area contributed by atoms with Crippen LogP contribution in [-0.2, 0) is 0 Å². The van der Waals surface area contributed by atoms with E-state index < -0.39 is 0 Å². The van der Waals surface area contributed by atoms with Crippen molar-refractivity contribution in [3.63, 3.8) is 0 Å². The van der Waals surface area contributed by atoms with Gasteiger partial charge in [-0.2, -0.15) is 0 Å². The molecule has 0 aliphatic rings. The highest BCUT2D eigenvalue weighted by Crippen LogP contribution is 2.31. The Morgan fingerprint density at radius 2 is 1.94 bits per heavy atom. The van der Waals surface area contributed by atoms with Crippen LogP contribution in [0.3, 0.4) is 0 Å². The largest absolute Gasteiger partial charge is 0.508 e. The molecule has 0 amide bonds. The number of nitrogens with zero attached hydrogens (tertiary/aromatic N) is 1. The van der Waals surface area contributed by atoms with Gasteiger partial charge in [-0.1, -0.05) is 6.07 Å². The molecule has 2 aromatic rings. The van der Waals surface area contributed by atoms with E-state index in [1.54, 1.807) is 30.6 Å². The number of aryl methyl sites for hydroxylation is 1. The lowest BCUT2D eigenvalue weighted by molar-refractivity contribution is 0.446. The summed E-state index contributed by atoms with van der Waals surface area (Å²) in [6.45, 7) is 3.75. The van der Waals surface area contributed by atoms with Crippen LogP contribution in [0.2, 0.25) is 0 Å². The molecular weight excluding hydrogens is 202 g/mol. The van der Waals surface area contributed by atoms with Crippen molar-refractivity contribution >= 4 is 0 Å². The van der Waals surface area contributed by atoms with Crippen molar-refractivity contribution in [2.24, 2.45) is 0 Å². The van der Waals surface area contributed by atoms with Crippen LogP contribution in [0.1, 0.15) is 11.1 Å². The van der Waals surface area contributed by atoms with Gasteiger partial charge in [-0.3, -0.25) is 4.98 Å². The van der Waals surface area contributed by atoms with Crippen molar-refractivity contribution < 1.29 is 9.84 Å². The number of pyridine rings is 1. The number of aromatic nitrogens is 1. The predicted molar refractivity (Wildman–Crippen MR) is 61.9 cm³/mol. The summed E-state index contributed by atoms with van der Waals surface area (Å²) in [5.74, 6) is 1.65. The predicted octanol–water partition coefficient (Wildman–Crippen LogP) is 3.20. The molecule has 0 bridgehead atoms. The number of phenolic OH excluding ortho intramolecular Hbond substituents is 1. The molecular formula is C13H13NO2. The number of aromatic hydroxyl groups is 1. The molecule has 82 valence electrons. The van der Waals surface area contributed by atoms with E-state index in [4.69, 9.17) is 4.74 Å². The molecule has 0 aliphatic carbocycles. The second-order valence-electron chi connectivity index (χ2n) is 3.64. The van der Waals surface area contributed by atoms with Gasteiger partial charge in [0.1, 0.15) is 17.2 Å². The zero-order valence-corrected chi connectivity index (χ0v) is 9.27. The molecule has 1 N–H and O–H groups in total. The molecule has 0 aliphatic heterocycles. The highest BCUT2D eigenvalue weighted by molar-refractivity contribution is 5.45. The number of hydrogen-bond donors (Lipinski definition) is 1. The van der Waals surface area contributed by atoms with Crippen molar-refractivity contribution in [2.45, 2.75) is 13.8 Å². The molecule has 16 heavy (non-hydrogen) atoms. The standard InChI is InChI=1S/C13H13NO2/c1-9-8-14-7-6-12(9)16-13-5-3-4-11(15)10(13)2/h3-8,15H,1-2H3. The molecule has 1 aromatic carbocycles. The maximum Gasteiger partial charge on any atom is 0.134 e. The smallest absolute Gasteiger partial charge is 0.134 e. The number of benzene rings is 1. The highest BCUT2D eigenvalue weighted by atomic mass is 16.5. The first-order chi connectivity index (χ1) is 7.68. The Morgan fingerprint density at radius 3 is 2.69 bits per heavy atom. The van der Waals surface area contributed by atoms with Crippen molar-refractivity contribution in [3.8, 4) is 17.2 Å². The van der Waals surface area contributed by atoms with Gasteiger partial charge in [0.2, 0.25) is 0 Å². The van der Waals surface area contributed by atoms with Gasteiger partial charge in [-0.15, -0.1) is 0 Å². The molecule has 0 saturated carbocycles. The topological polar surface area (TPSA) is 42.4 Å². The third-order valence-electron chi connectivity index (χ3n) is 2.44. The van der Waals surface area contributed by atoms with E-state index in [1.807, 2.05) is 19.9 Å². The summed E-state index contributed by atoms with van der Waals surface area (Å²) >= 11 is 0. The van der Waals surface area contributed by atoms with E-state index in [2.05, 4.69) is 4.98 Å². The number of phenols is 1. The van der Waals surface area contributed by atoms with Crippen LogP contribution in [0.5, 0.6) is 17.2 Å². The summed E-state index contributed by atoms with van der Waals surface area (Å²) in [5.41, 5.74) is 1.70. The lowest BCUT2D eigenvalue weighted by Gasteiger charge is -2.10. The van der Waals surface area contributed by atoms with Crippen LogP contribution in [0.25, 0.3) is 0 Å². The second kappa shape index (κ2) is 4.23. The average Bonchev–Trinajstić information content (AvgIpc) is 2.28. The SMILES string of the molecule is Cc1cnccc1Oc1cccc(O)c1C. The second-order valence-corrected chi connectivity index (χ2v) is 3.64. The van der Waals surface area contributed by atoms with Crippen molar-refractivity contribution in [1.82, 2.24) is 4.98 Å². The van der Waals surface area contributed by atoms with E-state index in [-0.39, 0.29) is 5.75 Å². The lowest BCUT2D eigenvalue weighted by atomic mass is 10.2. The Labute approximate surface area is 94.3 Å². The lowest BCUT2D eigenvalue weighted by Crippen LogP contribution is -1.90. The normalized spacial score (nSPS) is 10.1. The van der Waals surface area contributed by atoms with E-state index in [1.165, 1.54) is 0 Å². The quantitative estimate of drug-likeness (QED) is 0.836. The minimum Gasteiger partial charge on any atom is -0.508 e. The van der Waals surface area contributed by atoms with Gasteiger partial charge in [-0.05, 0) is 32.0 Å².